The number of halogens is 1. The molecule has 11 heteroatoms. The fourth-order valence-corrected chi connectivity index (χ4v) is 4.89. The first-order valence-electron chi connectivity index (χ1n) is 10.9. The third-order valence-electron chi connectivity index (χ3n) is 6.14. The highest BCUT2D eigenvalue weighted by Gasteiger charge is 2.26. The van der Waals surface area contributed by atoms with Gasteiger partial charge in [0.05, 0.1) is 6.20 Å². The summed E-state index contributed by atoms with van der Waals surface area (Å²) >= 11 is 4.38. The van der Waals surface area contributed by atoms with Gasteiger partial charge in [-0.25, -0.2) is 13.9 Å². The van der Waals surface area contributed by atoms with Crippen LogP contribution < -0.4 is 25.6 Å². The van der Waals surface area contributed by atoms with Crippen LogP contribution >= 0.6 is 11.6 Å². The minimum Gasteiger partial charge on any atom is -0.373 e. The number of nitrogens with zero attached hydrogens (tertiary/aromatic N) is 3. The molecular weight excluding hydrogens is 450 g/mol. The van der Waals surface area contributed by atoms with Crippen LogP contribution in [0.15, 0.2) is 24.4 Å². The normalized spacial score (nSPS) is 22.0. The van der Waals surface area contributed by atoms with Gasteiger partial charge in [0.25, 0.3) is 0 Å². The molecule has 1 unspecified atom stereocenters. The number of likely N-dealkylation sites (N-methyl/N-ethyl adjacent to an activating group) is 1. The van der Waals surface area contributed by atoms with Crippen LogP contribution in [0, 0.1) is 5.92 Å². The Morgan fingerprint density at radius 3 is 3.03 bits per heavy atom. The first kappa shape index (κ1) is 23.2. The molecule has 0 spiro atoms. The van der Waals surface area contributed by atoms with Gasteiger partial charge in [-0.15, -0.1) is 0 Å². The molecule has 1 aromatic carbocycles. The molecule has 1 aliphatic carbocycles. The van der Waals surface area contributed by atoms with E-state index in [0.717, 1.165) is 51.0 Å². The standard InChI is InChI=1S/C21H30ClN7O2S/c1-29-9-8-23-11-15-6-7-16(10-19(15)29)26-21-24-13-17(22)20(28-21)27-18-5-3-2-4-14(18)12-25-32(30)31/h6-7,10,13-14,18,23,25H,2-5,8-9,11-12H2,1H3,(H,30,31)(H2,24,26,27,28)/t14-,18-/m1/s1. The van der Waals surface area contributed by atoms with Gasteiger partial charge in [-0.3, -0.25) is 4.55 Å². The first-order chi connectivity index (χ1) is 15.5. The minimum atomic E-state index is -2.01. The summed E-state index contributed by atoms with van der Waals surface area (Å²) in [7, 11) is 2.10. The lowest BCUT2D eigenvalue weighted by molar-refractivity contribution is 0.324. The fourth-order valence-electron chi connectivity index (χ4n) is 4.39. The van der Waals surface area contributed by atoms with Gasteiger partial charge in [0.1, 0.15) is 5.02 Å². The van der Waals surface area contributed by atoms with Crippen LogP contribution in [0.4, 0.5) is 23.1 Å². The van der Waals surface area contributed by atoms with Crippen LogP contribution in [0.25, 0.3) is 0 Å². The summed E-state index contributed by atoms with van der Waals surface area (Å²) in [6.07, 6.45) is 5.74. The van der Waals surface area contributed by atoms with E-state index in [1.54, 1.807) is 6.20 Å². The molecule has 32 heavy (non-hydrogen) atoms. The molecule has 0 radical (unpaired) electrons. The van der Waals surface area contributed by atoms with Gasteiger partial charge >= 0.3 is 0 Å². The van der Waals surface area contributed by atoms with E-state index in [9.17, 15) is 4.21 Å². The van der Waals surface area contributed by atoms with Crippen LogP contribution in [0.5, 0.6) is 0 Å². The van der Waals surface area contributed by atoms with E-state index in [0.29, 0.717) is 23.3 Å². The monoisotopic (exact) mass is 479 g/mol. The number of hydrogen-bond acceptors (Lipinski definition) is 7. The lowest BCUT2D eigenvalue weighted by atomic mass is 9.84. The number of nitrogens with one attached hydrogen (secondary N) is 4. The van der Waals surface area contributed by atoms with E-state index in [2.05, 4.69) is 54.7 Å². The van der Waals surface area contributed by atoms with Crippen LogP contribution in [0.1, 0.15) is 31.2 Å². The van der Waals surface area contributed by atoms with Crippen LogP contribution in [0.2, 0.25) is 5.02 Å². The van der Waals surface area contributed by atoms with Crippen LogP contribution in [-0.2, 0) is 17.8 Å². The molecule has 2 aromatic rings. The Hall–Kier alpha value is -1.98. The van der Waals surface area contributed by atoms with Crippen molar-refractivity contribution in [1.82, 2.24) is 20.0 Å². The van der Waals surface area contributed by atoms with Crippen LogP contribution in [-0.4, -0.2) is 51.5 Å². The van der Waals surface area contributed by atoms with E-state index in [1.165, 1.54) is 11.3 Å². The molecule has 4 rings (SSSR count). The highest BCUT2D eigenvalue weighted by atomic mass is 35.5. The third kappa shape index (κ3) is 5.87. The van der Waals surface area contributed by atoms with Crippen molar-refractivity contribution in [1.29, 1.82) is 0 Å². The Balaban J connectivity index is 1.48. The van der Waals surface area contributed by atoms with E-state index in [4.69, 9.17) is 16.2 Å². The van der Waals surface area contributed by atoms with Gasteiger partial charge in [-0.2, -0.15) is 4.98 Å². The average Bonchev–Trinajstić information content (AvgIpc) is 2.96. The Morgan fingerprint density at radius 1 is 1.34 bits per heavy atom. The molecular formula is C21H30ClN7O2S. The van der Waals surface area contributed by atoms with Gasteiger partial charge in [0, 0.05) is 50.6 Å². The molecule has 2 heterocycles. The summed E-state index contributed by atoms with van der Waals surface area (Å²) in [6.45, 7) is 3.22. The maximum absolute atomic E-state index is 11.0. The lowest BCUT2D eigenvalue weighted by Crippen LogP contribution is -2.39. The van der Waals surface area contributed by atoms with Crippen molar-refractivity contribution in [2.75, 3.05) is 42.2 Å². The van der Waals surface area contributed by atoms with Crippen molar-refractivity contribution in [3.63, 3.8) is 0 Å². The third-order valence-corrected chi connectivity index (χ3v) is 6.83. The van der Waals surface area contributed by atoms with Crippen molar-refractivity contribution >= 4 is 46.0 Å². The number of hydrogen-bond donors (Lipinski definition) is 5. The lowest BCUT2D eigenvalue weighted by Gasteiger charge is -2.32. The maximum Gasteiger partial charge on any atom is 0.231 e. The zero-order valence-electron chi connectivity index (χ0n) is 18.1. The zero-order chi connectivity index (χ0) is 22.5. The minimum absolute atomic E-state index is 0.119. The molecule has 0 amide bonds. The van der Waals surface area contributed by atoms with E-state index in [1.807, 2.05) is 6.07 Å². The highest BCUT2D eigenvalue weighted by molar-refractivity contribution is 7.77. The maximum atomic E-state index is 11.0. The van der Waals surface area contributed by atoms with Gasteiger partial charge in [-0.05, 0) is 36.5 Å². The Morgan fingerprint density at radius 2 is 2.19 bits per heavy atom. The van der Waals surface area contributed by atoms with Crippen molar-refractivity contribution in [2.45, 2.75) is 38.3 Å². The zero-order valence-corrected chi connectivity index (χ0v) is 19.7. The van der Waals surface area contributed by atoms with Crippen molar-refractivity contribution < 1.29 is 8.76 Å². The Bertz CT molecular complexity index is 964. The summed E-state index contributed by atoms with van der Waals surface area (Å²) in [5, 5.41) is 10.6. The molecule has 1 fully saturated rings. The number of benzene rings is 1. The molecule has 174 valence electrons. The first-order valence-corrected chi connectivity index (χ1v) is 12.4. The quantitative estimate of drug-likeness (QED) is 0.385. The van der Waals surface area contributed by atoms with Gasteiger partial charge in [-0.1, -0.05) is 30.5 Å². The van der Waals surface area contributed by atoms with E-state index in [-0.39, 0.29) is 12.0 Å². The molecule has 9 nitrogen and oxygen atoms in total. The molecule has 0 saturated heterocycles. The molecule has 1 aliphatic heterocycles. The summed E-state index contributed by atoms with van der Waals surface area (Å²) in [5.74, 6) is 1.26. The second kappa shape index (κ2) is 10.8. The second-order valence-corrected chi connectivity index (χ2v) is 9.54. The SMILES string of the molecule is CN1CCNCc2ccc(Nc3ncc(Cl)c(N[C@@H]4CCCC[C@@H]4CNS(=O)O)n3)cc21. The average molecular weight is 480 g/mol. The Labute approximate surface area is 196 Å². The van der Waals surface area contributed by atoms with E-state index < -0.39 is 11.3 Å². The van der Waals surface area contributed by atoms with Gasteiger partial charge < -0.3 is 20.9 Å². The molecule has 3 atom stereocenters. The molecule has 2 aliphatic rings. The summed E-state index contributed by atoms with van der Waals surface area (Å²) in [6, 6.07) is 6.38. The Kier molecular flexibility index (Phi) is 7.80. The number of aromatic nitrogens is 2. The van der Waals surface area contributed by atoms with E-state index >= 15 is 0 Å². The molecule has 1 aromatic heterocycles. The predicted molar refractivity (Wildman–Crippen MR) is 130 cm³/mol. The molecule has 0 bridgehead atoms. The summed E-state index contributed by atoms with van der Waals surface area (Å²) in [5.41, 5.74) is 3.36. The van der Waals surface area contributed by atoms with Gasteiger partial charge in [0.2, 0.25) is 17.2 Å². The largest absolute Gasteiger partial charge is 0.373 e. The summed E-state index contributed by atoms with van der Waals surface area (Å²) in [4.78, 5) is 11.2. The highest BCUT2D eigenvalue weighted by Crippen LogP contribution is 2.31. The second-order valence-electron chi connectivity index (χ2n) is 8.35. The predicted octanol–water partition coefficient (Wildman–Crippen LogP) is 3.11. The number of fused-ring (bicyclic) bond motifs is 1. The van der Waals surface area contributed by atoms with Crippen molar-refractivity contribution in [2.24, 2.45) is 5.92 Å². The molecule has 5 N–H and O–H groups in total. The van der Waals surface area contributed by atoms with Crippen LogP contribution in [0.3, 0.4) is 0 Å². The summed E-state index contributed by atoms with van der Waals surface area (Å²) < 4.78 is 22.7. The number of rotatable bonds is 7. The van der Waals surface area contributed by atoms with Crippen molar-refractivity contribution in [3.05, 3.63) is 35.0 Å². The van der Waals surface area contributed by atoms with Crippen molar-refractivity contribution in [3.8, 4) is 0 Å². The molecule has 1 saturated carbocycles. The topological polar surface area (TPSA) is 114 Å². The fraction of sp³-hybridized carbons (Fsp3) is 0.524. The number of anilines is 4. The smallest absolute Gasteiger partial charge is 0.231 e. The van der Waals surface area contributed by atoms with Gasteiger partial charge in [0.15, 0.2) is 5.82 Å².